The molecule has 0 amide bonds. The zero-order chi connectivity index (χ0) is 11.2. The highest BCUT2D eigenvalue weighted by Gasteiger charge is 2.06. The van der Waals surface area contributed by atoms with Crippen LogP contribution in [0.4, 0.5) is 0 Å². The normalized spacial score (nSPS) is 9.93. The second-order valence-electron chi connectivity index (χ2n) is 2.70. The minimum Gasteiger partial charge on any atom is -0.282 e. The van der Waals surface area contributed by atoms with Gasteiger partial charge in [0, 0.05) is 0 Å². The molecule has 1 aromatic carbocycles. The largest absolute Gasteiger partial charge is 0.294 e. The van der Waals surface area contributed by atoms with Crippen LogP contribution in [-0.2, 0) is 10.1 Å². The second kappa shape index (κ2) is 5.57. The van der Waals surface area contributed by atoms with Crippen LogP contribution >= 0.6 is 0 Å². The van der Waals surface area contributed by atoms with Crippen LogP contribution in [0.5, 0.6) is 0 Å². The molecule has 0 bridgehead atoms. The van der Waals surface area contributed by atoms with Gasteiger partial charge in [0.2, 0.25) is 0 Å². The molecular weight excluding hydrogens is 200 g/mol. The maximum Gasteiger partial charge on any atom is 0.294 e. The van der Waals surface area contributed by atoms with Crippen LogP contribution in [-0.4, -0.2) is 13.0 Å². The quantitative estimate of drug-likeness (QED) is 0.577. The van der Waals surface area contributed by atoms with Crippen molar-refractivity contribution in [1.82, 2.24) is 0 Å². The highest BCUT2D eigenvalue weighted by atomic mass is 32.2. The van der Waals surface area contributed by atoms with Crippen molar-refractivity contribution in [3.63, 3.8) is 0 Å². The van der Waals surface area contributed by atoms with Crippen molar-refractivity contribution >= 4 is 10.1 Å². The first-order chi connectivity index (χ1) is 6.41. The Balaban J connectivity index is 0.000000500. The van der Waals surface area contributed by atoms with Crippen molar-refractivity contribution in [1.29, 1.82) is 0 Å². The van der Waals surface area contributed by atoms with Crippen LogP contribution < -0.4 is 0 Å². The topological polar surface area (TPSA) is 54.4 Å². The molecule has 0 heterocycles. The lowest BCUT2D eigenvalue weighted by atomic mass is 10.2. The van der Waals surface area contributed by atoms with Gasteiger partial charge in [-0.05, 0) is 26.0 Å². The predicted molar refractivity (Wildman–Crippen MR) is 56.9 cm³/mol. The lowest BCUT2D eigenvalue weighted by Gasteiger charge is -1.95. The Morgan fingerprint density at radius 1 is 1.29 bits per heavy atom. The summed E-state index contributed by atoms with van der Waals surface area (Å²) in [5, 5.41) is 0. The number of allylic oxidation sites excluding steroid dienone is 1. The van der Waals surface area contributed by atoms with E-state index in [1.54, 1.807) is 18.2 Å². The van der Waals surface area contributed by atoms with E-state index in [9.17, 15) is 8.42 Å². The predicted octanol–water partition coefficient (Wildman–Crippen LogP) is 2.43. The highest BCUT2D eigenvalue weighted by molar-refractivity contribution is 7.85. The summed E-state index contributed by atoms with van der Waals surface area (Å²) in [5.74, 6) is 0. The first kappa shape index (κ1) is 12.9. The standard InChI is InChI=1S/C7H8O3S.C3H6/c1-6-2-4-7(5-3-6)11(8,9)10;1-3-2/h2-5H,1H3,(H,8,9,10);3H,1H2,2H3. The second-order valence-corrected chi connectivity index (χ2v) is 4.12. The van der Waals surface area contributed by atoms with E-state index in [2.05, 4.69) is 6.58 Å². The van der Waals surface area contributed by atoms with Gasteiger partial charge in [0.25, 0.3) is 10.1 Å². The molecule has 4 heteroatoms. The molecular formula is C10H14O3S. The molecule has 1 aromatic rings. The average molecular weight is 214 g/mol. The first-order valence-corrected chi connectivity index (χ1v) is 5.47. The third-order valence-electron chi connectivity index (χ3n) is 1.32. The molecule has 1 rings (SSSR count). The van der Waals surface area contributed by atoms with E-state index in [0.717, 1.165) is 5.56 Å². The molecule has 78 valence electrons. The van der Waals surface area contributed by atoms with Crippen molar-refractivity contribution in [3.05, 3.63) is 42.5 Å². The summed E-state index contributed by atoms with van der Waals surface area (Å²) in [7, 11) is -4.02. The van der Waals surface area contributed by atoms with Crippen LogP contribution in [0.15, 0.2) is 41.8 Å². The Hall–Kier alpha value is -1.13. The van der Waals surface area contributed by atoms with E-state index in [-0.39, 0.29) is 4.90 Å². The minimum atomic E-state index is -4.02. The lowest BCUT2D eigenvalue weighted by Crippen LogP contribution is -1.96. The van der Waals surface area contributed by atoms with Gasteiger partial charge in [-0.1, -0.05) is 23.8 Å². The number of hydrogen-bond acceptors (Lipinski definition) is 2. The zero-order valence-electron chi connectivity index (χ0n) is 8.27. The molecule has 1 N–H and O–H groups in total. The smallest absolute Gasteiger partial charge is 0.282 e. The molecule has 0 radical (unpaired) electrons. The molecule has 0 saturated carbocycles. The zero-order valence-corrected chi connectivity index (χ0v) is 9.08. The molecule has 0 aliphatic heterocycles. The van der Waals surface area contributed by atoms with Crippen molar-refractivity contribution in [3.8, 4) is 0 Å². The molecule has 14 heavy (non-hydrogen) atoms. The summed E-state index contributed by atoms with van der Waals surface area (Å²) in [6, 6.07) is 5.99. The van der Waals surface area contributed by atoms with E-state index >= 15 is 0 Å². The molecule has 3 nitrogen and oxygen atoms in total. The fraction of sp³-hybridized carbons (Fsp3) is 0.200. The monoisotopic (exact) mass is 214 g/mol. The number of aryl methyl sites for hydroxylation is 1. The molecule has 0 aliphatic carbocycles. The Labute approximate surface area is 84.8 Å². The Bertz CT molecular complexity index is 376. The highest BCUT2D eigenvalue weighted by Crippen LogP contribution is 2.08. The van der Waals surface area contributed by atoms with Crippen molar-refractivity contribution in [2.45, 2.75) is 18.7 Å². The summed E-state index contributed by atoms with van der Waals surface area (Å²) >= 11 is 0. The van der Waals surface area contributed by atoms with Gasteiger partial charge in [0.1, 0.15) is 0 Å². The van der Waals surface area contributed by atoms with Gasteiger partial charge < -0.3 is 0 Å². The van der Waals surface area contributed by atoms with E-state index in [1.165, 1.54) is 12.1 Å². The van der Waals surface area contributed by atoms with Crippen molar-refractivity contribution in [2.24, 2.45) is 0 Å². The Morgan fingerprint density at radius 2 is 1.64 bits per heavy atom. The fourth-order valence-electron chi connectivity index (χ4n) is 0.710. The molecule has 0 spiro atoms. The van der Waals surface area contributed by atoms with E-state index in [4.69, 9.17) is 4.55 Å². The van der Waals surface area contributed by atoms with Gasteiger partial charge in [-0.25, -0.2) is 0 Å². The summed E-state index contributed by atoms with van der Waals surface area (Å²) in [4.78, 5) is -0.0666. The summed E-state index contributed by atoms with van der Waals surface area (Å²) in [6.07, 6.45) is 1.75. The van der Waals surface area contributed by atoms with Gasteiger partial charge in [-0.15, -0.1) is 6.58 Å². The number of hydrogen-bond donors (Lipinski definition) is 1. The SMILES string of the molecule is C=CC.Cc1ccc(S(=O)(=O)O)cc1. The number of benzene rings is 1. The van der Waals surface area contributed by atoms with E-state index in [1.807, 2.05) is 13.8 Å². The average Bonchev–Trinajstić information content (AvgIpc) is 2.04. The summed E-state index contributed by atoms with van der Waals surface area (Å²) < 4.78 is 29.6. The van der Waals surface area contributed by atoms with Gasteiger partial charge >= 0.3 is 0 Å². The van der Waals surface area contributed by atoms with Gasteiger partial charge in [0.05, 0.1) is 4.90 Å². The maximum absolute atomic E-state index is 10.5. The summed E-state index contributed by atoms with van der Waals surface area (Å²) in [5.41, 5.74) is 0.956. The van der Waals surface area contributed by atoms with Gasteiger partial charge in [0.15, 0.2) is 0 Å². The fourth-order valence-corrected chi connectivity index (χ4v) is 1.19. The van der Waals surface area contributed by atoms with E-state index < -0.39 is 10.1 Å². The molecule has 0 unspecified atom stereocenters. The minimum absolute atomic E-state index is 0.0666. The Morgan fingerprint density at radius 3 is 1.93 bits per heavy atom. The first-order valence-electron chi connectivity index (χ1n) is 4.03. The van der Waals surface area contributed by atoms with Gasteiger partial charge in [-0.2, -0.15) is 8.42 Å². The molecule has 0 saturated heterocycles. The van der Waals surface area contributed by atoms with E-state index in [0.29, 0.717) is 0 Å². The molecule has 0 aromatic heterocycles. The lowest BCUT2D eigenvalue weighted by molar-refractivity contribution is 0.483. The van der Waals surface area contributed by atoms with Gasteiger partial charge in [-0.3, -0.25) is 4.55 Å². The van der Waals surface area contributed by atoms with Crippen LogP contribution in [0.25, 0.3) is 0 Å². The number of rotatable bonds is 1. The van der Waals surface area contributed by atoms with Crippen LogP contribution in [0.1, 0.15) is 12.5 Å². The van der Waals surface area contributed by atoms with Crippen molar-refractivity contribution in [2.75, 3.05) is 0 Å². The van der Waals surface area contributed by atoms with Crippen LogP contribution in [0, 0.1) is 6.92 Å². The Kier molecular flexibility index (Phi) is 5.12. The third kappa shape index (κ3) is 4.79. The van der Waals surface area contributed by atoms with Crippen LogP contribution in [0.2, 0.25) is 0 Å². The van der Waals surface area contributed by atoms with Crippen LogP contribution in [0.3, 0.4) is 0 Å². The molecule has 0 atom stereocenters. The molecule has 0 fully saturated rings. The van der Waals surface area contributed by atoms with Crippen molar-refractivity contribution < 1.29 is 13.0 Å². The molecule has 0 aliphatic rings. The third-order valence-corrected chi connectivity index (χ3v) is 2.19. The summed E-state index contributed by atoms with van der Waals surface area (Å²) in [6.45, 7) is 7.09. The maximum atomic E-state index is 10.5.